The van der Waals surface area contributed by atoms with Crippen LogP contribution in [0.3, 0.4) is 0 Å². The predicted molar refractivity (Wildman–Crippen MR) is 76.5 cm³/mol. The number of rotatable bonds is 5. The molecule has 0 spiro atoms. The van der Waals surface area contributed by atoms with E-state index in [4.69, 9.17) is 4.52 Å². The van der Waals surface area contributed by atoms with Gasteiger partial charge in [0.2, 0.25) is 5.89 Å². The average molecular weight is 287 g/mol. The first kappa shape index (κ1) is 13.0. The van der Waals surface area contributed by atoms with Gasteiger partial charge in [0, 0.05) is 24.4 Å². The molecule has 2 aliphatic rings. The summed E-state index contributed by atoms with van der Waals surface area (Å²) in [5.74, 6) is 2.23. The summed E-state index contributed by atoms with van der Waals surface area (Å²) in [6.07, 6.45) is 10.1. The van der Waals surface area contributed by atoms with Crippen molar-refractivity contribution in [2.24, 2.45) is 0 Å². The molecule has 0 radical (unpaired) electrons. The van der Waals surface area contributed by atoms with Crippen LogP contribution in [0.1, 0.15) is 49.7 Å². The number of hydrogen-bond acceptors (Lipinski definition) is 5. The number of piperidine rings is 1. The normalized spacial score (nSPS) is 23.5. The van der Waals surface area contributed by atoms with Gasteiger partial charge in [-0.3, -0.25) is 9.58 Å². The molecule has 0 bridgehead atoms. The fourth-order valence-electron chi connectivity index (χ4n) is 3.11. The van der Waals surface area contributed by atoms with Gasteiger partial charge < -0.3 is 4.52 Å². The van der Waals surface area contributed by atoms with E-state index in [-0.39, 0.29) is 0 Å². The van der Waals surface area contributed by atoms with Crippen molar-refractivity contribution >= 4 is 0 Å². The molecule has 4 rings (SSSR count). The van der Waals surface area contributed by atoms with Gasteiger partial charge in [-0.2, -0.15) is 10.1 Å². The lowest BCUT2D eigenvalue weighted by atomic mass is 10.0. The van der Waals surface area contributed by atoms with Gasteiger partial charge >= 0.3 is 0 Å². The van der Waals surface area contributed by atoms with E-state index < -0.39 is 0 Å². The molecule has 2 fully saturated rings. The van der Waals surface area contributed by atoms with Gasteiger partial charge in [-0.05, 0) is 38.3 Å². The molecule has 3 heterocycles. The van der Waals surface area contributed by atoms with Crippen molar-refractivity contribution in [1.29, 1.82) is 0 Å². The molecule has 1 aliphatic carbocycles. The first-order valence-corrected chi connectivity index (χ1v) is 7.92. The second-order valence-corrected chi connectivity index (χ2v) is 6.17. The summed E-state index contributed by atoms with van der Waals surface area (Å²) in [5, 5.41) is 8.44. The molecule has 0 aromatic carbocycles. The van der Waals surface area contributed by atoms with Crippen LogP contribution in [0.5, 0.6) is 0 Å². The Bertz CT molecular complexity index is 575. The Balaban J connectivity index is 1.42. The maximum atomic E-state index is 5.43. The lowest BCUT2D eigenvalue weighted by molar-refractivity contribution is 0.108. The van der Waals surface area contributed by atoms with Gasteiger partial charge in [0.1, 0.15) is 0 Å². The smallest absolute Gasteiger partial charge is 0.240 e. The lowest BCUT2D eigenvalue weighted by Crippen LogP contribution is -2.41. The molecule has 2 aromatic rings. The Hall–Kier alpha value is -1.69. The Morgan fingerprint density at radius 1 is 1.24 bits per heavy atom. The van der Waals surface area contributed by atoms with Crippen LogP contribution in [0.2, 0.25) is 0 Å². The highest BCUT2D eigenvalue weighted by atomic mass is 16.5. The van der Waals surface area contributed by atoms with Crippen LogP contribution in [0.4, 0.5) is 0 Å². The summed E-state index contributed by atoms with van der Waals surface area (Å²) in [7, 11) is 0. The van der Waals surface area contributed by atoms with E-state index in [0.29, 0.717) is 12.0 Å². The van der Waals surface area contributed by atoms with E-state index in [1.807, 2.05) is 23.1 Å². The molecular formula is C15H21N5O. The first-order chi connectivity index (χ1) is 10.4. The Morgan fingerprint density at radius 2 is 2.19 bits per heavy atom. The highest BCUT2D eigenvalue weighted by molar-refractivity contribution is 5.03. The monoisotopic (exact) mass is 287 g/mol. The summed E-state index contributed by atoms with van der Waals surface area (Å²) in [6, 6.07) is 2.49. The summed E-state index contributed by atoms with van der Waals surface area (Å²) < 4.78 is 7.45. The third-order valence-electron chi connectivity index (χ3n) is 4.47. The van der Waals surface area contributed by atoms with Crippen LogP contribution in [0, 0.1) is 0 Å². The molecule has 2 aromatic heterocycles. The Morgan fingerprint density at radius 3 is 3.00 bits per heavy atom. The second kappa shape index (κ2) is 5.60. The molecule has 6 nitrogen and oxygen atoms in total. The molecule has 0 amide bonds. The third-order valence-corrected chi connectivity index (χ3v) is 4.47. The minimum atomic E-state index is 0.509. The fraction of sp³-hybridized carbons (Fsp3) is 0.667. The fourth-order valence-corrected chi connectivity index (χ4v) is 3.11. The van der Waals surface area contributed by atoms with Crippen LogP contribution in [-0.4, -0.2) is 37.4 Å². The average Bonchev–Trinajstić information content (AvgIpc) is 3.03. The van der Waals surface area contributed by atoms with E-state index in [0.717, 1.165) is 31.3 Å². The molecule has 1 saturated heterocycles. The highest BCUT2D eigenvalue weighted by Gasteiger charge is 2.30. The molecule has 0 N–H and O–H groups in total. The molecule has 112 valence electrons. The van der Waals surface area contributed by atoms with E-state index >= 15 is 0 Å². The van der Waals surface area contributed by atoms with E-state index in [9.17, 15) is 0 Å². The summed E-state index contributed by atoms with van der Waals surface area (Å²) in [4.78, 5) is 7.02. The van der Waals surface area contributed by atoms with Crippen molar-refractivity contribution in [2.45, 2.75) is 57.2 Å². The van der Waals surface area contributed by atoms with E-state index in [1.165, 1.54) is 32.1 Å². The number of likely N-dealkylation sites (tertiary alicyclic amines) is 1. The minimum Gasteiger partial charge on any atom is -0.338 e. The number of hydrogen-bond donors (Lipinski definition) is 0. The maximum absolute atomic E-state index is 5.43. The van der Waals surface area contributed by atoms with Crippen LogP contribution in [0.25, 0.3) is 0 Å². The van der Waals surface area contributed by atoms with Crippen molar-refractivity contribution < 1.29 is 4.52 Å². The zero-order valence-corrected chi connectivity index (χ0v) is 12.2. The number of aromatic nitrogens is 4. The third kappa shape index (κ3) is 3.00. The van der Waals surface area contributed by atoms with Crippen molar-refractivity contribution in [3.63, 3.8) is 0 Å². The second-order valence-electron chi connectivity index (χ2n) is 6.17. The molecule has 1 unspecified atom stereocenters. The SMILES string of the molecule is c1cnn(CC2CCCCN2Cc2nc(C3CC3)no2)c1. The van der Waals surface area contributed by atoms with Crippen molar-refractivity contribution in [3.05, 3.63) is 30.2 Å². The minimum absolute atomic E-state index is 0.509. The lowest BCUT2D eigenvalue weighted by Gasteiger charge is -2.34. The largest absolute Gasteiger partial charge is 0.338 e. The van der Waals surface area contributed by atoms with Gasteiger partial charge in [0.15, 0.2) is 5.82 Å². The van der Waals surface area contributed by atoms with Crippen molar-refractivity contribution in [1.82, 2.24) is 24.8 Å². The van der Waals surface area contributed by atoms with Gasteiger partial charge in [-0.1, -0.05) is 11.6 Å². The molecule has 6 heteroatoms. The van der Waals surface area contributed by atoms with Crippen molar-refractivity contribution in [2.75, 3.05) is 6.54 Å². The Kier molecular flexibility index (Phi) is 3.47. The van der Waals surface area contributed by atoms with E-state index in [2.05, 4.69) is 20.1 Å². The van der Waals surface area contributed by atoms with Gasteiger partial charge in [0.05, 0.1) is 13.1 Å². The zero-order chi connectivity index (χ0) is 14.1. The van der Waals surface area contributed by atoms with Crippen LogP contribution >= 0.6 is 0 Å². The van der Waals surface area contributed by atoms with Crippen LogP contribution in [-0.2, 0) is 13.1 Å². The molecule has 21 heavy (non-hydrogen) atoms. The highest BCUT2D eigenvalue weighted by Crippen LogP contribution is 2.38. The zero-order valence-electron chi connectivity index (χ0n) is 12.2. The van der Waals surface area contributed by atoms with Crippen molar-refractivity contribution in [3.8, 4) is 0 Å². The molecule has 1 aliphatic heterocycles. The van der Waals surface area contributed by atoms with Gasteiger partial charge in [0.25, 0.3) is 0 Å². The summed E-state index contributed by atoms with van der Waals surface area (Å²) in [5.41, 5.74) is 0. The van der Waals surface area contributed by atoms with Gasteiger partial charge in [-0.25, -0.2) is 0 Å². The number of nitrogens with zero attached hydrogens (tertiary/aromatic N) is 5. The molecular weight excluding hydrogens is 266 g/mol. The predicted octanol–water partition coefficient (Wildman–Crippen LogP) is 2.20. The van der Waals surface area contributed by atoms with Gasteiger partial charge in [-0.15, -0.1) is 0 Å². The molecule has 1 atom stereocenters. The topological polar surface area (TPSA) is 60.0 Å². The van der Waals surface area contributed by atoms with Crippen LogP contribution < -0.4 is 0 Å². The first-order valence-electron chi connectivity index (χ1n) is 7.92. The quantitative estimate of drug-likeness (QED) is 0.843. The summed E-state index contributed by atoms with van der Waals surface area (Å²) >= 11 is 0. The maximum Gasteiger partial charge on any atom is 0.240 e. The van der Waals surface area contributed by atoms with E-state index in [1.54, 1.807) is 0 Å². The Labute approximate surface area is 124 Å². The molecule has 1 saturated carbocycles. The standard InChI is InChI=1S/C15H21N5O/c1-2-8-19(13(4-1)10-20-9-3-7-16-20)11-14-17-15(18-21-14)12-5-6-12/h3,7,9,12-13H,1-2,4-6,8,10-11H2. The van der Waals surface area contributed by atoms with Crippen LogP contribution in [0.15, 0.2) is 23.0 Å². The summed E-state index contributed by atoms with van der Waals surface area (Å²) in [6.45, 7) is 2.81.